The molecular formula is C23H17N2O+. The molecule has 0 saturated heterocycles. The van der Waals surface area contributed by atoms with Crippen LogP contribution in [0.3, 0.4) is 0 Å². The lowest BCUT2D eigenvalue weighted by Gasteiger charge is -2.03. The van der Waals surface area contributed by atoms with Crippen LogP contribution in [0.4, 0.5) is 0 Å². The molecule has 0 aliphatic carbocycles. The third-order valence-corrected chi connectivity index (χ3v) is 5.54. The Labute approximate surface area is 149 Å². The lowest BCUT2D eigenvalue weighted by molar-refractivity contribution is -0.643. The van der Waals surface area contributed by atoms with Crippen LogP contribution >= 0.6 is 0 Å². The highest BCUT2D eigenvalue weighted by molar-refractivity contribution is 6.23. The van der Waals surface area contributed by atoms with Crippen molar-refractivity contribution in [3.8, 4) is 0 Å². The standard InChI is InChI=1S/C23H17N2O/c1-14-6-5-9-17-19(14)23-24(2)12-13-25(23)21-20-16-8-4-3-7-15(16)10-11-18(20)26-22(17)21/h3-13H,1-2H3/q+1. The van der Waals surface area contributed by atoms with Crippen molar-refractivity contribution in [1.82, 2.24) is 4.40 Å². The number of benzene rings is 3. The van der Waals surface area contributed by atoms with Crippen LogP contribution in [0.5, 0.6) is 0 Å². The van der Waals surface area contributed by atoms with Crippen molar-refractivity contribution in [2.45, 2.75) is 6.92 Å². The largest absolute Gasteiger partial charge is 0.451 e. The number of hydrogen-bond acceptors (Lipinski definition) is 1. The van der Waals surface area contributed by atoms with E-state index in [1.807, 2.05) is 0 Å². The summed E-state index contributed by atoms with van der Waals surface area (Å²) in [5, 5.41) is 6.06. The molecule has 0 atom stereocenters. The summed E-state index contributed by atoms with van der Waals surface area (Å²) in [5.41, 5.74) is 5.49. The van der Waals surface area contributed by atoms with Crippen LogP contribution in [0.2, 0.25) is 0 Å². The SMILES string of the molecule is Cc1cccc2c3oc4ccc5ccccc5c4c3n3cc[n+](C)c3c12. The Balaban J connectivity index is 2.06. The maximum absolute atomic E-state index is 6.42. The first kappa shape index (κ1) is 13.9. The van der Waals surface area contributed by atoms with Crippen molar-refractivity contribution in [2.75, 3.05) is 0 Å². The Kier molecular flexibility index (Phi) is 2.48. The molecule has 3 heteroatoms. The molecule has 3 aromatic heterocycles. The van der Waals surface area contributed by atoms with Crippen LogP contribution in [-0.4, -0.2) is 4.40 Å². The molecule has 0 aliphatic heterocycles. The van der Waals surface area contributed by atoms with Crippen LogP contribution in [0.1, 0.15) is 5.56 Å². The molecule has 3 nitrogen and oxygen atoms in total. The van der Waals surface area contributed by atoms with Crippen molar-refractivity contribution in [3.63, 3.8) is 0 Å². The second-order valence-electron chi connectivity index (χ2n) is 7.04. The van der Waals surface area contributed by atoms with E-state index in [9.17, 15) is 0 Å². The van der Waals surface area contributed by atoms with Gasteiger partial charge >= 0.3 is 0 Å². The van der Waals surface area contributed by atoms with Crippen LogP contribution in [0.15, 0.2) is 71.4 Å². The van der Waals surface area contributed by atoms with Gasteiger partial charge in [0.2, 0.25) is 0 Å². The van der Waals surface area contributed by atoms with Gasteiger partial charge in [-0.05, 0) is 29.3 Å². The van der Waals surface area contributed by atoms with Crippen molar-refractivity contribution in [3.05, 3.63) is 72.6 Å². The number of pyridine rings is 1. The highest BCUT2D eigenvalue weighted by Gasteiger charge is 2.24. The van der Waals surface area contributed by atoms with Crippen LogP contribution in [0.25, 0.3) is 49.3 Å². The maximum atomic E-state index is 6.42. The molecular weight excluding hydrogens is 320 g/mol. The van der Waals surface area contributed by atoms with E-state index in [4.69, 9.17) is 4.42 Å². The van der Waals surface area contributed by atoms with Gasteiger partial charge < -0.3 is 4.42 Å². The normalized spacial score (nSPS) is 12.2. The smallest absolute Gasteiger partial charge is 0.295 e. The molecule has 0 radical (unpaired) electrons. The third-order valence-electron chi connectivity index (χ3n) is 5.54. The van der Waals surface area contributed by atoms with Crippen LogP contribution in [-0.2, 0) is 7.05 Å². The van der Waals surface area contributed by atoms with Gasteiger partial charge in [0.05, 0.1) is 17.8 Å². The molecule has 0 unspecified atom stereocenters. The second-order valence-corrected chi connectivity index (χ2v) is 7.04. The lowest BCUT2D eigenvalue weighted by atomic mass is 10.0. The van der Waals surface area contributed by atoms with E-state index in [0.717, 1.165) is 16.7 Å². The van der Waals surface area contributed by atoms with Gasteiger partial charge in [0.15, 0.2) is 11.1 Å². The number of furan rings is 1. The Hall–Kier alpha value is -3.33. The van der Waals surface area contributed by atoms with Gasteiger partial charge in [0.25, 0.3) is 5.65 Å². The van der Waals surface area contributed by atoms with Crippen LogP contribution in [0, 0.1) is 6.92 Å². The monoisotopic (exact) mass is 337 g/mol. The first-order valence-corrected chi connectivity index (χ1v) is 8.86. The molecule has 0 aliphatic rings. The molecule has 0 saturated carbocycles. The number of aryl methyl sites for hydroxylation is 2. The Morgan fingerprint density at radius 3 is 2.65 bits per heavy atom. The van der Waals surface area contributed by atoms with Crippen LogP contribution < -0.4 is 4.57 Å². The molecule has 26 heavy (non-hydrogen) atoms. The van der Waals surface area contributed by atoms with E-state index in [1.165, 1.54) is 38.1 Å². The van der Waals surface area contributed by atoms with Crippen molar-refractivity contribution in [2.24, 2.45) is 7.05 Å². The van der Waals surface area contributed by atoms with E-state index in [0.29, 0.717) is 0 Å². The molecule has 3 aromatic carbocycles. The van der Waals surface area contributed by atoms with Crippen molar-refractivity contribution in [1.29, 1.82) is 0 Å². The Morgan fingerprint density at radius 2 is 1.73 bits per heavy atom. The summed E-state index contributed by atoms with van der Waals surface area (Å²) in [6, 6.07) is 19.2. The van der Waals surface area contributed by atoms with Gasteiger partial charge in [-0.1, -0.05) is 48.5 Å². The average molecular weight is 337 g/mol. The first-order chi connectivity index (χ1) is 12.7. The van der Waals surface area contributed by atoms with Gasteiger partial charge in [-0.25, -0.2) is 4.57 Å². The zero-order valence-corrected chi connectivity index (χ0v) is 14.7. The third kappa shape index (κ3) is 1.56. The van der Waals surface area contributed by atoms with Gasteiger partial charge in [0.1, 0.15) is 18.0 Å². The zero-order valence-electron chi connectivity index (χ0n) is 14.7. The fourth-order valence-electron chi connectivity index (χ4n) is 4.37. The minimum absolute atomic E-state index is 0.936. The minimum atomic E-state index is 0.936. The fraction of sp³-hybridized carbons (Fsp3) is 0.0870. The molecule has 0 bridgehead atoms. The summed E-state index contributed by atoms with van der Waals surface area (Å²) in [6.45, 7) is 2.17. The zero-order chi connectivity index (χ0) is 17.4. The number of nitrogens with zero attached hydrogens (tertiary/aromatic N) is 2. The van der Waals surface area contributed by atoms with E-state index in [1.54, 1.807) is 0 Å². The van der Waals surface area contributed by atoms with E-state index >= 15 is 0 Å². The number of imidazole rings is 1. The molecule has 6 rings (SSSR count). The summed E-state index contributed by atoms with van der Waals surface area (Å²) in [5.74, 6) is 0. The number of hydrogen-bond donors (Lipinski definition) is 0. The summed E-state index contributed by atoms with van der Waals surface area (Å²) in [4.78, 5) is 0. The molecule has 0 N–H and O–H groups in total. The molecule has 6 aromatic rings. The Bertz CT molecular complexity index is 1500. The van der Waals surface area contributed by atoms with E-state index in [-0.39, 0.29) is 0 Å². The molecule has 3 heterocycles. The minimum Gasteiger partial charge on any atom is -0.451 e. The second kappa shape index (κ2) is 4.64. The molecule has 0 amide bonds. The van der Waals surface area contributed by atoms with Gasteiger partial charge in [-0.15, -0.1) is 0 Å². The van der Waals surface area contributed by atoms with E-state index in [2.05, 4.69) is 89.9 Å². The Morgan fingerprint density at radius 1 is 0.885 bits per heavy atom. The topological polar surface area (TPSA) is 21.4 Å². The highest BCUT2D eigenvalue weighted by atomic mass is 16.3. The molecule has 0 spiro atoms. The first-order valence-electron chi connectivity index (χ1n) is 8.86. The quantitative estimate of drug-likeness (QED) is 0.346. The summed E-state index contributed by atoms with van der Waals surface area (Å²) < 4.78 is 10.9. The fourth-order valence-corrected chi connectivity index (χ4v) is 4.37. The summed E-state index contributed by atoms with van der Waals surface area (Å²) in [6.07, 6.45) is 4.25. The van der Waals surface area contributed by atoms with E-state index < -0.39 is 0 Å². The maximum Gasteiger partial charge on any atom is 0.295 e. The lowest BCUT2D eigenvalue weighted by Crippen LogP contribution is -2.26. The summed E-state index contributed by atoms with van der Waals surface area (Å²) >= 11 is 0. The van der Waals surface area contributed by atoms with Gasteiger partial charge in [-0.3, -0.25) is 0 Å². The number of fused-ring (bicyclic) bond motifs is 10. The average Bonchev–Trinajstić information content (AvgIpc) is 3.23. The van der Waals surface area contributed by atoms with Crippen molar-refractivity contribution >= 4 is 49.3 Å². The van der Waals surface area contributed by atoms with Gasteiger partial charge in [0, 0.05) is 5.39 Å². The van der Waals surface area contributed by atoms with Crippen molar-refractivity contribution < 1.29 is 8.98 Å². The predicted octanol–water partition coefficient (Wildman–Crippen LogP) is 5.28. The predicted molar refractivity (Wildman–Crippen MR) is 106 cm³/mol. The molecule has 0 fully saturated rings. The summed E-state index contributed by atoms with van der Waals surface area (Å²) in [7, 11) is 2.10. The molecule has 124 valence electrons. The highest BCUT2D eigenvalue weighted by Crippen LogP contribution is 2.39. The number of aromatic nitrogens is 2. The number of rotatable bonds is 0. The van der Waals surface area contributed by atoms with Gasteiger partial charge in [-0.2, -0.15) is 4.40 Å².